The van der Waals surface area contributed by atoms with Crippen LogP contribution in [0.4, 0.5) is 0 Å². The average Bonchev–Trinajstić information content (AvgIpc) is 2.82. The van der Waals surface area contributed by atoms with E-state index in [4.69, 9.17) is 4.74 Å². The molecule has 1 saturated heterocycles. The van der Waals surface area contributed by atoms with Crippen LogP contribution in [0.2, 0.25) is 0 Å². The zero-order valence-electron chi connectivity index (χ0n) is 16.0. The Morgan fingerprint density at radius 3 is 2.42 bits per heavy atom. The lowest BCUT2D eigenvalue weighted by Gasteiger charge is -2.42. The molecular formula is C22H35NO. The van der Waals surface area contributed by atoms with Crippen LogP contribution in [0.1, 0.15) is 65.4 Å². The van der Waals surface area contributed by atoms with Crippen LogP contribution in [0, 0.1) is 17.8 Å². The number of nitrogens with one attached hydrogen (secondary N) is 1. The third kappa shape index (κ3) is 4.21. The van der Waals surface area contributed by atoms with E-state index in [-0.39, 0.29) is 11.3 Å². The van der Waals surface area contributed by atoms with Gasteiger partial charge in [0, 0.05) is 5.54 Å². The fourth-order valence-corrected chi connectivity index (χ4v) is 5.27. The fourth-order valence-electron chi connectivity index (χ4n) is 5.27. The first-order valence-corrected chi connectivity index (χ1v) is 9.88. The molecule has 2 unspecified atom stereocenters. The van der Waals surface area contributed by atoms with Crippen molar-refractivity contribution in [3.63, 3.8) is 0 Å². The maximum atomic E-state index is 6.52. The molecule has 3 rings (SSSR count). The Morgan fingerprint density at radius 2 is 1.79 bits per heavy atom. The lowest BCUT2D eigenvalue weighted by atomic mass is 9.77. The molecule has 2 fully saturated rings. The minimum Gasteiger partial charge on any atom is -0.359 e. The molecule has 2 heteroatoms. The molecule has 0 amide bonds. The molecule has 1 N–H and O–H groups in total. The van der Waals surface area contributed by atoms with Crippen LogP contribution in [0.25, 0.3) is 0 Å². The van der Waals surface area contributed by atoms with Gasteiger partial charge in [-0.2, -0.15) is 0 Å². The fraction of sp³-hybridized carbons (Fsp3) is 0.727. The van der Waals surface area contributed by atoms with Gasteiger partial charge in [0.05, 0.1) is 6.61 Å². The van der Waals surface area contributed by atoms with Gasteiger partial charge in [0.25, 0.3) is 0 Å². The van der Waals surface area contributed by atoms with Gasteiger partial charge in [0.2, 0.25) is 0 Å². The largest absolute Gasteiger partial charge is 0.359 e. The van der Waals surface area contributed by atoms with Crippen LogP contribution in [-0.4, -0.2) is 17.9 Å². The third-order valence-corrected chi connectivity index (χ3v) is 5.81. The first-order valence-electron chi connectivity index (χ1n) is 9.88. The van der Waals surface area contributed by atoms with Crippen LogP contribution < -0.4 is 5.32 Å². The van der Waals surface area contributed by atoms with E-state index in [0.717, 1.165) is 24.9 Å². The third-order valence-electron chi connectivity index (χ3n) is 5.81. The first-order chi connectivity index (χ1) is 11.4. The molecule has 1 aliphatic carbocycles. The predicted molar refractivity (Wildman–Crippen MR) is 101 cm³/mol. The summed E-state index contributed by atoms with van der Waals surface area (Å²) in [4.78, 5) is 0. The number of ether oxygens (including phenoxy) is 1. The zero-order chi connectivity index (χ0) is 17.2. The molecule has 24 heavy (non-hydrogen) atoms. The quantitative estimate of drug-likeness (QED) is 0.804. The Hall–Kier alpha value is -0.860. The van der Waals surface area contributed by atoms with Crippen molar-refractivity contribution in [3.8, 4) is 0 Å². The summed E-state index contributed by atoms with van der Waals surface area (Å²) in [5.41, 5.74) is 1.51. The Kier molecular flexibility index (Phi) is 5.36. The molecule has 2 aliphatic rings. The normalized spacial score (nSPS) is 36.5. The molecule has 2 nitrogen and oxygen atoms in total. The summed E-state index contributed by atoms with van der Waals surface area (Å²) >= 11 is 0. The summed E-state index contributed by atoms with van der Waals surface area (Å²) in [5, 5.41) is 4.06. The molecule has 0 aromatic heterocycles. The van der Waals surface area contributed by atoms with Gasteiger partial charge in [0.1, 0.15) is 5.72 Å². The van der Waals surface area contributed by atoms with Crippen molar-refractivity contribution in [2.75, 3.05) is 6.61 Å². The number of hydrogen-bond donors (Lipinski definition) is 1. The second-order valence-corrected chi connectivity index (χ2v) is 9.13. The van der Waals surface area contributed by atoms with E-state index in [1.807, 2.05) is 0 Å². The maximum Gasteiger partial charge on any atom is 0.120 e. The smallest absolute Gasteiger partial charge is 0.120 e. The Morgan fingerprint density at radius 1 is 1.12 bits per heavy atom. The van der Waals surface area contributed by atoms with E-state index in [0.29, 0.717) is 5.92 Å². The van der Waals surface area contributed by atoms with E-state index in [1.54, 1.807) is 0 Å². The maximum absolute atomic E-state index is 6.52. The molecule has 1 heterocycles. The van der Waals surface area contributed by atoms with Crippen LogP contribution in [-0.2, 0) is 11.2 Å². The molecule has 4 atom stereocenters. The molecule has 134 valence electrons. The lowest BCUT2D eigenvalue weighted by Crippen LogP contribution is -2.55. The Balaban J connectivity index is 1.72. The summed E-state index contributed by atoms with van der Waals surface area (Å²) in [6, 6.07) is 10.9. The van der Waals surface area contributed by atoms with E-state index in [9.17, 15) is 0 Å². The zero-order valence-corrected chi connectivity index (χ0v) is 16.0. The van der Waals surface area contributed by atoms with E-state index < -0.39 is 0 Å². The van der Waals surface area contributed by atoms with Crippen molar-refractivity contribution in [2.24, 2.45) is 17.8 Å². The molecule has 0 radical (unpaired) electrons. The highest BCUT2D eigenvalue weighted by atomic mass is 16.5. The highest BCUT2D eigenvalue weighted by Gasteiger charge is 2.50. The van der Waals surface area contributed by atoms with Crippen molar-refractivity contribution in [1.82, 2.24) is 5.32 Å². The topological polar surface area (TPSA) is 21.3 Å². The van der Waals surface area contributed by atoms with Gasteiger partial charge in [-0.3, -0.25) is 5.32 Å². The average molecular weight is 330 g/mol. The Labute approximate surface area is 148 Å². The molecule has 1 aliphatic heterocycles. The van der Waals surface area contributed by atoms with Gasteiger partial charge in [0.15, 0.2) is 0 Å². The van der Waals surface area contributed by atoms with Crippen molar-refractivity contribution in [2.45, 2.75) is 77.5 Å². The molecule has 0 bridgehead atoms. The molecule has 1 spiro atoms. The summed E-state index contributed by atoms with van der Waals surface area (Å²) in [7, 11) is 0. The van der Waals surface area contributed by atoms with Gasteiger partial charge in [-0.05, 0) is 61.8 Å². The van der Waals surface area contributed by atoms with E-state index in [1.165, 1.54) is 37.7 Å². The second-order valence-electron chi connectivity index (χ2n) is 9.13. The van der Waals surface area contributed by atoms with Crippen LogP contribution >= 0.6 is 0 Å². The van der Waals surface area contributed by atoms with Crippen LogP contribution in [0.5, 0.6) is 0 Å². The minimum atomic E-state index is -0.0668. The lowest BCUT2D eigenvalue weighted by molar-refractivity contribution is -0.0660. The summed E-state index contributed by atoms with van der Waals surface area (Å²) < 4.78 is 6.52. The SMILES string of the molecule is CC(C)CC1(CCc2ccccc2)COC2(C[C@H](C)C[C@H](C)C2)N1. The molecule has 1 saturated carbocycles. The minimum absolute atomic E-state index is 0.0668. The standard InChI is InChI=1S/C22H35NO/c1-17(2)13-21(11-10-20-8-6-5-7-9-20)16-24-22(23-21)14-18(3)12-19(4)15-22/h5-9,17-19,23H,10-16H2,1-4H3/t18-,19+,21?,22?. The van der Waals surface area contributed by atoms with Gasteiger partial charge < -0.3 is 4.74 Å². The molecule has 1 aromatic rings. The van der Waals surface area contributed by atoms with Gasteiger partial charge in [-0.25, -0.2) is 0 Å². The second kappa shape index (κ2) is 7.17. The predicted octanol–water partition coefficient (Wildman–Crippen LogP) is 5.18. The van der Waals surface area contributed by atoms with Gasteiger partial charge >= 0.3 is 0 Å². The van der Waals surface area contributed by atoms with Crippen molar-refractivity contribution in [3.05, 3.63) is 35.9 Å². The summed E-state index contributed by atoms with van der Waals surface area (Å²) in [5.74, 6) is 2.20. The highest BCUT2D eigenvalue weighted by molar-refractivity contribution is 5.16. The molecular weight excluding hydrogens is 294 g/mol. The van der Waals surface area contributed by atoms with Crippen molar-refractivity contribution >= 4 is 0 Å². The van der Waals surface area contributed by atoms with Gasteiger partial charge in [-0.15, -0.1) is 0 Å². The highest BCUT2D eigenvalue weighted by Crippen LogP contribution is 2.43. The number of hydrogen-bond acceptors (Lipinski definition) is 2. The molecule has 1 aromatic carbocycles. The first kappa shape index (κ1) is 17.9. The monoisotopic (exact) mass is 329 g/mol. The van der Waals surface area contributed by atoms with Crippen molar-refractivity contribution < 1.29 is 4.74 Å². The summed E-state index contributed by atoms with van der Waals surface area (Å²) in [6.45, 7) is 10.3. The van der Waals surface area contributed by atoms with Gasteiger partial charge in [-0.1, -0.05) is 58.0 Å². The number of benzene rings is 1. The number of rotatable bonds is 5. The Bertz CT molecular complexity index is 516. The summed E-state index contributed by atoms with van der Waals surface area (Å²) in [6.07, 6.45) is 7.17. The van der Waals surface area contributed by atoms with Crippen LogP contribution in [0.3, 0.4) is 0 Å². The van der Waals surface area contributed by atoms with Crippen LogP contribution in [0.15, 0.2) is 30.3 Å². The van der Waals surface area contributed by atoms with E-state index >= 15 is 0 Å². The number of aryl methyl sites for hydroxylation is 1. The van der Waals surface area contributed by atoms with Crippen molar-refractivity contribution in [1.29, 1.82) is 0 Å². The van der Waals surface area contributed by atoms with E-state index in [2.05, 4.69) is 63.3 Å².